The minimum atomic E-state index is 0.685. The molecule has 0 atom stereocenters. The molecule has 1 aromatic rings. The molecule has 4 heteroatoms. The van der Waals surface area contributed by atoms with Crippen LogP contribution in [0.1, 0.15) is 63.6 Å². The van der Waals surface area contributed by atoms with E-state index in [2.05, 4.69) is 21.7 Å². The van der Waals surface area contributed by atoms with Crippen LogP contribution in [0, 0.1) is 16.6 Å². The second-order valence-electron chi connectivity index (χ2n) is 6.23. The quantitative estimate of drug-likeness (QED) is 0.834. The highest BCUT2D eigenvalue weighted by molar-refractivity contribution is 7.71. The van der Waals surface area contributed by atoms with E-state index in [1.54, 1.807) is 0 Å². The molecule has 18 heavy (non-hydrogen) atoms. The van der Waals surface area contributed by atoms with Gasteiger partial charge in [-0.25, -0.2) is 0 Å². The minimum absolute atomic E-state index is 0.685. The first-order valence-corrected chi connectivity index (χ1v) is 7.80. The Bertz CT molecular complexity index is 450. The highest BCUT2D eigenvalue weighted by atomic mass is 32.1. The smallest absolute Gasteiger partial charge is 0.195 e. The molecule has 100 valence electrons. The first-order valence-electron chi connectivity index (χ1n) is 7.39. The van der Waals surface area contributed by atoms with Gasteiger partial charge in [-0.2, -0.15) is 5.10 Å². The Balaban J connectivity index is 1.59. The molecule has 0 aliphatic heterocycles. The SMILES string of the molecule is CC1CCC(CCn2c(C3CC3)n[nH]c2=S)CC1. The van der Waals surface area contributed by atoms with Crippen LogP contribution < -0.4 is 0 Å². The lowest BCUT2D eigenvalue weighted by molar-refractivity contribution is 0.267. The lowest BCUT2D eigenvalue weighted by Crippen LogP contribution is -2.15. The highest BCUT2D eigenvalue weighted by Crippen LogP contribution is 2.39. The van der Waals surface area contributed by atoms with Crippen molar-refractivity contribution in [2.45, 2.75) is 64.3 Å². The number of nitrogens with zero attached hydrogens (tertiary/aromatic N) is 2. The van der Waals surface area contributed by atoms with E-state index in [1.807, 2.05) is 0 Å². The number of rotatable bonds is 4. The predicted molar refractivity (Wildman–Crippen MR) is 75.1 cm³/mol. The van der Waals surface area contributed by atoms with Crippen LogP contribution in [0.2, 0.25) is 0 Å². The lowest BCUT2D eigenvalue weighted by atomic mass is 9.81. The average molecular weight is 265 g/mol. The van der Waals surface area contributed by atoms with Crippen LogP contribution in [-0.4, -0.2) is 14.8 Å². The van der Waals surface area contributed by atoms with Crippen molar-refractivity contribution in [3.8, 4) is 0 Å². The van der Waals surface area contributed by atoms with Gasteiger partial charge in [0.1, 0.15) is 5.82 Å². The Hall–Kier alpha value is -0.640. The zero-order valence-electron chi connectivity index (χ0n) is 11.2. The van der Waals surface area contributed by atoms with Crippen LogP contribution in [0.5, 0.6) is 0 Å². The third-order valence-electron chi connectivity index (χ3n) is 4.63. The summed E-state index contributed by atoms with van der Waals surface area (Å²) in [7, 11) is 0. The van der Waals surface area contributed by atoms with E-state index in [-0.39, 0.29) is 0 Å². The maximum Gasteiger partial charge on any atom is 0.195 e. The molecule has 2 aliphatic rings. The Morgan fingerprint density at radius 3 is 2.61 bits per heavy atom. The van der Waals surface area contributed by atoms with Crippen LogP contribution in [-0.2, 0) is 6.54 Å². The van der Waals surface area contributed by atoms with Crippen molar-refractivity contribution < 1.29 is 0 Å². The van der Waals surface area contributed by atoms with Gasteiger partial charge in [0, 0.05) is 12.5 Å². The maximum atomic E-state index is 5.35. The zero-order valence-corrected chi connectivity index (χ0v) is 12.0. The Kier molecular flexibility index (Phi) is 3.55. The van der Waals surface area contributed by atoms with E-state index in [9.17, 15) is 0 Å². The molecule has 0 bridgehead atoms. The van der Waals surface area contributed by atoms with E-state index in [0.717, 1.165) is 23.2 Å². The molecule has 0 aromatic carbocycles. The second-order valence-corrected chi connectivity index (χ2v) is 6.61. The first-order chi connectivity index (χ1) is 8.74. The van der Waals surface area contributed by atoms with Gasteiger partial charge in [0.25, 0.3) is 0 Å². The summed E-state index contributed by atoms with van der Waals surface area (Å²) in [5, 5.41) is 7.37. The fraction of sp³-hybridized carbons (Fsp3) is 0.857. The van der Waals surface area contributed by atoms with Gasteiger partial charge in [0.05, 0.1) is 0 Å². The third kappa shape index (κ3) is 2.68. The maximum absolute atomic E-state index is 5.35. The molecule has 1 heterocycles. The van der Waals surface area contributed by atoms with Gasteiger partial charge in [-0.05, 0) is 43.3 Å². The summed E-state index contributed by atoms with van der Waals surface area (Å²) in [6.07, 6.45) is 9.51. The first kappa shape index (κ1) is 12.4. The Morgan fingerprint density at radius 2 is 1.94 bits per heavy atom. The van der Waals surface area contributed by atoms with Crippen LogP contribution in [0.4, 0.5) is 0 Å². The molecule has 2 fully saturated rings. The van der Waals surface area contributed by atoms with Crippen molar-refractivity contribution >= 4 is 12.2 Å². The minimum Gasteiger partial charge on any atom is -0.304 e. The molecular weight excluding hydrogens is 242 g/mol. The molecule has 0 radical (unpaired) electrons. The second kappa shape index (κ2) is 5.16. The van der Waals surface area contributed by atoms with Gasteiger partial charge in [0.2, 0.25) is 0 Å². The number of aromatic amines is 1. The molecule has 0 spiro atoms. The fourth-order valence-electron chi connectivity index (χ4n) is 3.13. The largest absolute Gasteiger partial charge is 0.304 e. The van der Waals surface area contributed by atoms with Gasteiger partial charge in [-0.3, -0.25) is 5.10 Å². The number of nitrogens with one attached hydrogen (secondary N) is 1. The molecule has 1 N–H and O–H groups in total. The van der Waals surface area contributed by atoms with Gasteiger partial charge < -0.3 is 4.57 Å². The molecule has 1 aromatic heterocycles. The topological polar surface area (TPSA) is 33.6 Å². The molecule has 0 saturated heterocycles. The van der Waals surface area contributed by atoms with Gasteiger partial charge in [-0.1, -0.05) is 32.6 Å². The van der Waals surface area contributed by atoms with E-state index < -0.39 is 0 Å². The van der Waals surface area contributed by atoms with Crippen LogP contribution in [0.3, 0.4) is 0 Å². The zero-order chi connectivity index (χ0) is 12.5. The van der Waals surface area contributed by atoms with Crippen molar-refractivity contribution in [2.75, 3.05) is 0 Å². The summed E-state index contributed by atoms with van der Waals surface area (Å²) in [5.74, 6) is 3.75. The van der Waals surface area contributed by atoms with Crippen molar-refractivity contribution in [1.29, 1.82) is 0 Å². The third-order valence-corrected chi connectivity index (χ3v) is 4.94. The van der Waals surface area contributed by atoms with Gasteiger partial charge in [0.15, 0.2) is 4.77 Å². The highest BCUT2D eigenvalue weighted by Gasteiger charge is 2.29. The molecule has 2 aliphatic carbocycles. The molecule has 3 nitrogen and oxygen atoms in total. The van der Waals surface area contributed by atoms with Crippen molar-refractivity contribution in [2.24, 2.45) is 11.8 Å². The molecular formula is C14H23N3S. The van der Waals surface area contributed by atoms with E-state index >= 15 is 0 Å². The van der Waals surface area contributed by atoms with E-state index in [4.69, 9.17) is 12.2 Å². The van der Waals surface area contributed by atoms with Crippen molar-refractivity contribution in [1.82, 2.24) is 14.8 Å². The van der Waals surface area contributed by atoms with Crippen molar-refractivity contribution in [3.05, 3.63) is 10.6 Å². The summed E-state index contributed by atoms with van der Waals surface area (Å²) in [4.78, 5) is 0. The molecule has 0 unspecified atom stereocenters. The van der Waals surface area contributed by atoms with Gasteiger partial charge in [-0.15, -0.1) is 0 Å². The summed E-state index contributed by atoms with van der Waals surface area (Å²) >= 11 is 5.35. The van der Waals surface area contributed by atoms with Gasteiger partial charge >= 0.3 is 0 Å². The Morgan fingerprint density at radius 1 is 1.22 bits per heavy atom. The Labute approximate surface area is 114 Å². The number of hydrogen-bond acceptors (Lipinski definition) is 2. The van der Waals surface area contributed by atoms with E-state index in [1.165, 1.54) is 50.8 Å². The monoisotopic (exact) mass is 265 g/mol. The predicted octanol–water partition coefficient (Wildman–Crippen LogP) is 4.03. The van der Waals surface area contributed by atoms with Crippen molar-refractivity contribution in [3.63, 3.8) is 0 Å². The summed E-state index contributed by atoms with van der Waals surface area (Å²) in [6.45, 7) is 3.45. The van der Waals surface area contributed by atoms with Crippen LogP contribution in [0.15, 0.2) is 0 Å². The van der Waals surface area contributed by atoms with Crippen LogP contribution >= 0.6 is 12.2 Å². The number of aromatic nitrogens is 3. The summed E-state index contributed by atoms with van der Waals surface area (Å²) < 4.78 is 3.08. The number of hydrogen-bond donors (Lipinski definition) is 1. The molecule has 0 amide bonds. The summed E-state index contributed by atoms with van der Waals surface area (Å²) in [6, 6.07) is 0. The van der Waals surface area contributed by atoms with E-state index in [0.29, 0.717) is 5.92 Å². The lowest BCUT2D eigenvalue weighted by Gasteiger charge is -2.26. The summed E-state index contributed by atoms with van der Waals surface area (Å²) in [5.41, 5.74) is 0. The van der Waals surface area contributed by atoms with Crippen LogP contribution in [0.25, 0.3) is 0 Å². The molecule has 2 saturated carbocycles. The normalized spacial score (nSPS) is 28.5. The average Bonchev–Trinajstić information content (AvgIpc) is 3.14. The number of H-pyrrole nitrogens is 1. The standard InChI is InChI=1S/C14H23N3S/c1-10-2-4-11(5-3-10)8-9-17-13(12-6-7-12)15-16-14(17)18/h10-12H,2-9H2,1H3,(H,16,18). The fourth-order valence-corrected chi connectivity index (χ4v) is 3.36. The molecule has 3 rings (SSSR count).